The van der Waals surface area contributed by atoms with E-state index in [9.17, 15) is 5.11 Å². The standard InChI is InChI=1S/C13H19ClN2O/c1-13(17)5-6-16(9-13)12-7-11(14)4-3-10(12)8-15-2/h3-4,7,15,17H,5-6,8-9H2,1-2H3. The predicted octanol–water partition coefficient (Wildman–Crippen LogP) is 2.02. The first-order valence-electron chi connectivity index (χ1n) is 5.92. The van der Waals surface area contributed by atoms with Crippen molar-refractivity contribution in [2.75, 3.05) is 25.0 Å². The van der Waals surface area contributed by atoms with Gasteiger partial charge in [0.2, 0.25) is 0 Å². The molecule has 1 unspecified atom stereocenters. The van der Waals surface area contributed by atoms with Gasteiger partial charge in [-0.25, -0.2) is 0 Å². The molecular formula is C13H19ClN2O. The highest BCUT2D eigenvalue weighted by atomic mass is 35.5. The first-order valence-corrected chi connectivity index (χ1v) is 6.30. The van der Waals surface area contributed by atoms with Crippen molar-refractivity contribution in [3.05, 3.63) is 28.8 Å². The molecule has 94 valence electrons. The number of hydrogen-bond acceptors (Lipinski definition) is 3. The Labute approximate surface area is 107 Å². The molecule has 17 heavy (non-hydrogen) atoms. The maximum Gasteiger partial charge on any atom is 0.0810 e. The molecule has 0 bridgehead atoms. The van der Waals surface area contributed by atoms with E-state index in [0.29, 0.717) is 6.54 Å². The van der Waals surface area contributed by atoms with Gasteiger partial charge in [0.1, 0.15) is 0 Å². The van der Waals surface area contributed by atoms with Gasteiger partial charge in [-0.3, -0.25) is 0 Å². The third kappa shape index (κ3) is 2.92. The van der Waals surface area contributed by atoms with Gasteiger partial charge in [0.05, 0.1) is 5.60 Å². The molecule has 0 radical (unpaired) electrons. The predicted molar refractivity (Wildman–Crippen MR) is 71.7 cm³/mol. The second-order valence-corrected chi connectivity index (χ2v) is 5.41. The average molecular weight is 255 g/mol. The molecule has 2 rings (SSSR count). The second kappa shape index (κ2) is 4.84. The molecule has 0 spiro atoms. The summed E-state index contributed by atoms with van der Waals surface area (Å²) in [7, 11) is 1.93. The molecule has 0 aliphatic carbocycles. The van der Waals surface area contributed by atoms with Crippen molar-refractivity contribution >= 4 is 17.3 Å². The number of rotatable bonds is 3. The molecule has 1 fully saturated rings. The summed E-state index contributed by atoms with van der Waals surface area (Å²) >= 11 is 6.06. The number of hydrogen-bond donors (Lipinski definition) is 2. The lowest BCUT2D eigenvalue weighted by Crippen LogP contribution is -2.30. The van der Waals surface area contributed by atoms with E-state index in [2.05, 4.69) is 10.2 Å². The van der Waals surface area contributed by atoms with Gasteiger partial charge < -0.3 is 15.3 Å². The maximum atomic E-state index is 10.0. The SMILES string of the molecule is CNCc1ccc(Cl)cc1N1CCC(C)(O)C1. The number of benzene rings is 1. The zero-order valence-electron chi connectivity index (χ0n) is 10.3. The van der Waals surface area contributed by atoms with Gasteiger partial charge in [0.15, 0.2) is 0 Å². The summed E-state index contributed by atoms with van der Waals surface area (Å²) < 4.78 is 0. The van der Waals surface area contributed by atoms with Gasteiger partial charge >= 0.3 is 0 Å². The van der Waals surface area contributed by atoms with Crippen LogP contribution in [-0.2, 0) is 6.54 Å². The molecule has 3 nitrogen and oxygen atoms in total. The van der Waals surface area contributed by atoms with E-state index < -0.39 is 5.60 Å². The fourth-order valence-corrected chi connectivity index (χ4v) is 2.49. The van der Waals surface area contributed by atoms with Gasteiger partial charge in [0.25, 0.3) is 0 Å². The summed E-state index contributed by atoms with van der Waals surface area (Å²) in [6, 6.07) is 5.93. The molecular weight excluding hydrogens is 236 g/mol. The Morgan fingerprint density at radius 3 is 2.88 bits per heavy atom. The minimum atomic E-state index is -0.584. The van der Waals surface area contributed by atoms with Crippen LogP contribution in [0.4, 0.5) is 5.69 Å². The fraction of sp³-hybridized carbons (Fsp3) is 0.538. The minimum absolute atomic E-state index is 0.584. The molecule has 1 aliphatic rings. The summed E-state index contributed by atoms with van der Waals surface area (Å²) in [4.78, 5) is 2.21. The van der Waals surface area contributed by atoms with Crippen LogP contribution in [0.2, 0.25) is 5.02 Å². The van der Waals surface area contributed by atoms with Crippen LogP contribution in [-0.4, -0.2) is 30.8 Å². The van der Waals surface area contributed by atoms with E-state index in [1.807, 2.05) is 32.2 Å². The summed E-state index contributed by atoms with van der Waals surface area (Å²) in [5.41, 5.74) is 1.76. The van der Waals surface area contributed by atoms with Crippen LogP contribution in [0.1, 0.15) is 18.9 Å². The van der Waals surface area contributed by atoms with Crippen LogP contribution in [0.15, 0.2) is 18.2 Å². The molecule has 0 aromatic heterocycles. The Morgan fingerprint density at radius 2 is 2.29 bits per heavy atom. The van der Waals surface area contributed by atoms with E-state index >= 15 is 0 Å². The van der Waals surface area contributed by atoms with Gasteiger partial charge in [-0.1, -0.05) is 17.7 Å². The molecule has 1 saturated heterocycles. The number of nitrogens with one attached hydrogen (secondary N) is 1. The van der Waals surface area contributed by atoms with E-state index in [-0.39, 0.29) is 0 Å². The molecule has 1 heterocycles. The van der Waals surface area contributed by atoms with Crippen LogP contribution < -0.4 is 10.2 Å². The number of halogens is 1. The molecule has 1 aromatic carbocycles. The summed E-state index contributed by atoms with van der Waals surface area (Å²) in [6.07, 6.45) is 0.804. The third-order valence-electron chi connectivity index (χ3n) is 3.21. The first kappa shape index (κ1) is 12.7. The van der Waals surface area contributed by atoms with Crippen LogP contribution in [0.3, 0.4) is 0 Å². The van der Waals surface area contributed by atoms with Gasteiger partial charge in [-0.15, -0.1) is 0 Å². The largest absolute Gasteiger partial charge is 0.388 e. The quantitative estimate of drug-likeness (QED) is 0.866. The Kier molecular flexibility index (Phi) is 3.61. The zero-order chi connectivity index (χ0) is 12.5. The smallest absolute Gasteiger partial charge is 0.0810 e. The maximum absolute atomic E-state index is 10.0. The highest BCUT2D eigenvalue weighted by molar-refractivity contribution is 6.30. The molecule has 0 saturated carbocycles. The van der Waals surface area contributed by atoms with Crippen molar-refractivity contribution in [2.45, 2.75) is 25.5 Å². The highest BCUT2D eigenvalue weighted by Gasteiger charge is 2.32. The Morgan fingerprint density at radius 1 is 1.53 bits per heavy atom. The van der Waals surface area contributed by atoms with E-state index in [4.69, 9.17) is 11.6 Å². The summed E-state index contributed by atoms with van der Waals surface area (Å²) in [6.45, 7) is 4.24. The van der Waals surface area contributed by atoms with Gasteiger partial charge in [0, 0.05) is 30.3 Å². The summed E-state index contributed by atoms with van der Waals surface area (Å²) in [5, 5.41) is 13.9. The zero-order valence-corrected chi connectivity index (χ0v) is 11.1. The van der Waals surface area contributed by atoms with Crippen LogP contribution in [0, 0.1) is 0 Å². The molecule has 4 heteroatoms. The van der Waals surface area contributed by atoms with E-state index in [1.54, 1.807) is 0 Å². The lowest BCUT2D eigenvalue weighted by Gasteiger charge is -2.23. The monoisotopic (exact) mass is 254 g/mol. The molecule has 2 N–H and O–H groups in total. The molecule has 1 aromatic rings. The third-order valence-corrected chi connectivity index (χ3v) is 3.44. The molecule has 0 amide bonds. The fourth-order valence-electron chi connectivity index (χ4n) is 2.32. The number of anilines is 1. The van der Waals surface area contributed by atoms with Crippen molar-refractivity contribution in [1.82, 2.24) is 5.32 Å². The molecule has 1 aliphatic heterocycles. The van der Waals surface area contributed by atoms with Crippen molar-refractivity contribution in [3.63, 3.8) is 0 Å². The number of nitrogens with zero attached hydrogens (tertiary/aromatic N) is 1. The van der Waals surface area contributed by atoms with Crippen molar-refractivity contribution in [2.24, 2.45) is 0 Å². The van der Waals surface area contributed by atoms with Crippen molar-refractivity contribution in [3.8, 4) is 0 Å². The van der Waals surface area contributed by atoms with Crippen LogP contribution in [0.5, 0.6) is 0 Å². The van der Waals surface area contributed by atoms with Crippen molar-refractivity contribution < 1.29 is 5.11 Å². The molecule has 1 atom stereocenters. The lowest BCUT2D eigenvalue weighted by atomic mass is 10.1. The topological polar surface area (TPSA) is 35.5 Å². The van der Waals surface area contributed by atoms with Gasteiger partial charge in [-0.05, 0) is 38.1 Å². The van der Waals surface area contributed by atoms with Gasteiger partial charge in [-0.2, -0.15) is 0 Å². The van der Waals surface area contributed by atoms with Crippen LogP contribution >= 0.6 is 11.6 Å². The minimum Gasteiger partial charge on any atom is -0.388 e. The first-order chi connectivity index (χ1) is 8.02. The second-order valence-electron chi connectivity index (χ2n) is 4.97. The highest BCUT2D eigenvalue weighted by Crippen LogP contribution is 2.31. The average Bonchev–Trinajstić information content (AvgIpc) is 2.62. The Balaban J connectivity index is 2.27. The summed E-state index contributed by atoms with van der Waals surface area (Å²) in [5.74, 6) is 0. The van der Waals surface area contributed by atoms with E-state index in [1.165, 1.54) is 5.56 Å². The normalized spacial score (nSPS) is 24.4. The Hall–Kier alpha value is -0.770. The van der Waals surface area contributed by atoms with Crippen molar-refractivity contribution in [1.29, 1.82) is 0 Å². The number of β-amino-alcohol motifs (C(OH)–C–C–N with tert-alkyl or cyclic N) is 1. The lowest BCUT2D eigenvalue weighted by molar-refractivity contribution is 0.0839. The Bertz CT molecular complexity index is 406. The van der Waals surface area contributed by atoms with Crippen LogP contribution in [0.25, 0.3) is 0 Å². The van der Waals surface area contributed by atoms with E-state index in [0.717, 1.165) is 30.2 Å². The number of aliphatic hydroxyl groups is 1.